The molecule has 0 spiro atoms. The second-order valence-electron chi connectivity index (χ2n) is 31.8. The van der Waals surface area contributed by atoms with Gasteiger partial charge in [0.05, 0.1) is 24.5 Å². The number of nitrogens with zero attached hydrogens (tertiary/aromatic N) is 20. The van der Waals surface area contributed by atoms with Gasteiger partial charge in [0, 0.05) is 165 Å². The summed E-state index contributed by atoms with van der Waals surface area (Å²) in [6, 6.07) is 11.8. The van der Waals surface area contributed by atoms with E-state index in [2.05, 4.69) is 254 Å². The Labute approximate surface area is 781 Å². The smallest absolute Gasteiger partial charge is 0.222 e. The molecule has 12 rings (SSSR count). The molecule has 14 N–H and O–H groups in total. The largest absolute Gasteiger partial charge is 0.481 e. The first-order chi connectivity index (χ1) is 59.7. The van der Waals surface area contributed by atoms with E-state index >= 15 is 0 Å². The van der Waals surface area contributed by atoms with Crippen molar-refractivity contribution < 1.29 is 14.2 Å². The van der Waals surface area contributed by atoms with Crippen molar-refractivity contribution in [1.82, 2.24) is 99.5 Å². The summed E-state index contributed by atoms with van der Waals surface area (Å²) in [5.41, 5.74) is 50.6. The molecule has 0 saturated heterocycles. The second kappa shape index (κ2) is 50.1. The second-order valence-corrected chi connectivity index (χ2v) is 35.8. The molecule has 0 bridgehead atoms. The van der Waals surface area contributed by atoms with Crippen LogP contribution in [0.15, 0.2) is 125 Å². The lowest BCUT2D eigenvalue weighted by atomic mass is 9.95. The molecule has 0 fully saturated rings. The molecular formula is C90H120Br2ClIN28O3S. The number of aromatic nitrogens is 18. The first kappa shape index (κ1) is 103. The van der Waals surface area contributed by atoms with Crippen LogP contribution in [0.25, 0.3) is 0 Å². The Kier molecular flexibility index (Phi) is 40.8. The first-order valence-electron chi connectivity index (χ1n) is 41.0. The van der Waals surface area contributed by atoms with Gasteiger partial charge in [-0.1, -0.05) is 94.7 Å². The number of pyridine rings is 6. The number of hydrogen-bond donors (Lipinski definition) is 8. The Morgan fingerprint density at radius 1 is 0.381 bits per heavy atom. The van der Waals surface area contributed by atoms with E-state index in [0.29, 0.717) is 128 Å². The van der Waals surface area contributed by atoms with Crippen LogP contribution >= 0.6 is 77.8 Å². The Balaban J connectivity index is 0.000000208. The molecule has 12 aromatic rings. The van der Waals surface area contributed by atoms with Gasteiger partial charge in [-0.3, -0.25) is 4.98 Å². The minimum Gasteiger partial charge on any atom is -0.481 e. The van der Waals surface area contributed by atoms with Crippen LogP contribution in [0.4, 0.5) is 46.8 Å². The Bertz CT molecular complexity index is 5290. The highest BCUT2D eigenvalue weighted by molar-refractivity contribution is 14.1. The molecule has 0 aliphatic heterocycles. The third kappa shape index (κ3) is 32.7. The maximum Gasteiger partial charge on any atom is 0.222 e. The zero-order chi connectivity index (χ0) is 92.8. The van der Waals surface area contributed by atoms with Gasteiger partial charge >= 0.3 is 0 Å². The summed E-state index contributed by atoms with van der Waals surface area (Å²) in [5, 5.41) is 7.90. The van der Waals surface area contributed by atoms with Gasteiger partial charge in [0.15, 0.2) is 23.1 Å². The molecule has 31 nitrogen and oxygen atoms in total. The molecule has 0 unspecified atom stereocenters. The zero-order valence-corrected chi connectivity index (χ0v) is 83.0. The fourth-order valence-electron chi connectivity index (χ4n) is 12.4. The zero-order valence-electron chi connectivity index (χ0n) is 76.1. The van der Waals surface area contributed by atoms with Crippen LogP contribution in [-0.2, 0) is 25.7 Å². The fraction of sp³-hybridized carbons (Fsp3) is 0.400. The maximum absolute atomic E-state index is 6.15. The molecule has 126 heavy (non-hydrogen) atoms. The Morgan fingerprint density at radius 3 is 1.09 bits per heavy atom. The number of nitrogens with two attached hydrogens (primary N) is 6. The van der Waals surface area contributed by atoms with Gasteiger partial charge in [0.1, 0.15) is 76.1 Å². The summed E-state index contributed by atoms with van der Waals surface area (Å²) in [5.74, 6) is 11.9. The van der Waals surface area contributed by atoms with Crippen LogP contribution < -0.4 is 59.2 Å². The average Bonchev–Trinajstić information content (AvgIpc) is 0.847. The van der Waals surface area contributed by atoms with E-state index in [1.165, 1.54) is 33.4 Å². The minimum atomic E-state index is 0.203. The standard InChI is InChI=1S/C17H26N6OS.C16H23BrN6O.C15H20N4O.C14H17BrN4.C14H17ClN4.C14H17IN4/c1-11(2)12-9-20-15(25-5)8-13(12)24-14-10-21-17(18)22-16(14)19-6-7-23(3)4;1-10(2)11-8-20-14(17)7-12(11)24-13-9-21-16(18)22-15(13)19-5-6-23(3)4;1-9(2)13-8-18-14(20-4)6-11(13)5-12-7-17-10(3)19-15(12)16;3*1-8(2)12-7-18-13(15)5-10(12)4-11-6-17-9(3)19-14(11)16/h8-11H,6-7H2,1-5H3,(H3,18,19,21,22);7-10H,5-6H2,1-4H3,(H3,18,19,21,22);6-9H,5H2,1-4H3,(H2,16,17,19);3*5-8H,4H2,1-3H3,(H2,16,17,19). The van der Waals surface area contributed by atoms with Crippen LogP contribution in [0.3, 0.4) is 0 Å². The predicted molar refractivity (Wildman–Crippen MR) is 524 cm³/mol. The molecule has 36 heteroatoms. The van der Waals surface area contributed by atoms with Crippen molar-refractivity contribution in [2.75, 3.05) is 113 Å². The maximum atomic E-state index is 6.15. The third-order valence-electron chi connectivity index (χ3n) is 19.1. The Morgan fingerprint density at radius 2 is 0.714 bits per heavy atom. The van der Waals surface area contributed by atoms with Gasteiger partial charge in [-0.15, -0.1) is 11.8 Å². The number of methoxy groups -OCH3 is 1. The topological polar surface area (TPSA) is 446 Å². The minimum absolute atomic E-state index is 0.203. The highest BCUT2D eigenvalue weighted by Crippen LogP contribution is 2.38. The number of nitrogen functional groups attached to an aromatic ring is 6. The van der Waals surface area contributed by atoms with Crippen molar-refractivity contribution in [3.63, 3.8) is 0 Å². The molecule has 672 valence electrons. The number of nitrogens with one attached hydrogen (secondary N) is 2. The highest BCUT2D eigenvalue weighted by atomic mass is 127. The van der Waals surface area contributed by atoms with E-state index in [9.17, 15) is 0 Å². The molecule has 0 saturated carbocycles. The quantitative estimate of drug-likeness (QED) is 0.0128. The molecule has 0 aromatic carbocycles. The number of rotatable bonds is 28. The number of anilines is 8. The summed E-state index contributed by atoms with van der Waals surface area (Å²) in [7, 11) is 9.67. The fourth-order valence-corrected chi connectivity index (χ4v) is 14.1. The summed E-state index contributed by atoms with van der Waals surface area (Å²) in [6.07, 6.45) is 26.4. The van der Waals surface area contributed by atoms with Gasteiger partial charge in [0.2, 0.25) is 17.8 Å². The molecule has 12 heterocycles. The van der Waals surface area contributed by atoms with E-state index in [1.54, 1.807) is 56.1 Å². The average molecular weight is 2000 g/mol. The number of ether oxygens (including phenoxy) is 3. The SMILES string of the molecule is CC(C)c1cnc(Br)cc1Oc1cnc(N)nc1NCCN(C)C.COc1cc(Cc2cnc(C)nc2N)c(C(C)C)cn1.CSc1cc(Oc2cnc(N)nc2NCCN(C)C)c(C(C)C)cn1.Cc1ncc(Cc2cc(Br)ncc2C(C)C)c(N)n1.Cc1ncc(Cc2cc(Cl)ncc2C(C)C)c(N)n1.Cc1ncc(Cc2cc(I)ncc2C(C)C)c(N)n1. The normalized spacial score (nSPS) is 11.0. The van der Waals surface area contributed by atoms with E-state index in [0.717, 1.165) is 108 Å². The number of likely N-dealkylation sites (N-methyl/N-ethyl adjacent to an activating group) is 2. The monoisotopic (exact) mass is 1990 g/mol. The number of aryl methyl sites for hydroxylation is 4. The van der Waals surface area contributed by atoms with Gasteiger partial charge in [-0.05, 0) is 215 Å². The Hall–Kier alpha value is -10.6. The van der Waals surface area contributed by atoms with Crippen LogP contribution in [0.2, 0.25) is 5.15 Å². The highest BCUT2D eigenvalue weighted by Gasteiger charge is 2.21. The molecule has 12 aromatic heterocycles. The third-order valence-corrected chi connectivity index (χ3v) is 21.4. The van der Waals surface area contributed by atoms with Crippen LogP contribution in [0, 0.1) is 31.4 Å². The lowest BCUT2D eigenvalue weighted by Gasteiger charge is -2.17. The predicted octanol–water partition coefficient (Wildman–Crippen LogP) is 18.1. The molecule has 0 aliphatic rings. The molecule has 0 aliphatic carbocycles. The van der Waals surface area contributed by atoms with Crippen molar-refractivity contribution in [3.8, 4) is 28.9 Å². The van der Waals surface area contributed by atoms with Crippen molar-refractivity contribution >= 4 is 125 Å². The molecular weight excluding hydrogens is 1880 g/mol. The van der Waals surface area contributed by atoms with Gasteiger partial charge in [-0.25, -0.2) is 74.8 Å². The van der Waals surface area contributed by atoms with Gasteiger partial charge in [-0.2, -0.15) is 9.97 Å². The summed E-state index contributed by atoms with van der Waals surface area (Å²) in [4.78, 5) is 80.2. The molecule has 0 radical (unpaired) electrons. The molecule has 0 atom stereocenters. The van der Waals surface area contributed by atoms with E-state index in [1.807, 2.05) is 130 Å². The van der Waals surface area contributed by atoms with Crippen LogP contribution in [0.5, 0.6) is 28.9 Å². The van der Waals surface area contributed by atoms with Crippen molar-refractivity contribution in [2.24, 2.45) is 0 Å². The van der Waals surface area contributed by atoms with Crippen molar-refractivity contribution in [2.45, 2.75) is 177 Å². The summed E-state index contributed by atoms with van der Waals surface area (Å²) >= 11 is 16.6. The van der Waals surface area contributed by atoms with E-state index < -0.39 is 0 Å². The lowest BCUT2D eigenvalue weighted by molar-refractivity contribution is 0.397. The summed E-state index contributed by atoms with van der Waals surface area (Å²) < 4.78 is 19.9. The van der Waals surface area contributed by atoms with Crippen molar-refractivity contribution in [1.29, 1.82) is 0 Å². The van der Waals surface area contributed by atoms with Gasteiger partial charge in [0.25, 0.3) is 0 Å². The number of halogens is 4. The first-order valence-corrected chi connectivity index (χ1v) is 45.3. The van der Waals surface area contributed by atoms with Crippen molar-refractivity contribution in [3.05, 3.63) is 230 Å². The van der Waals surface area contributed by atoms with Crippen LogP contribution in [0.1, 0.15) is 220 Å². The summed E-state index contributed by atoms with van der Waals surface area (Å²) in [6.45, 7) is 36.1. The number of hydrogen-bond acceptors (Lipinski definition) is 32. The van der Waals surface area contributed by atoms with Crippen LogP contribution in [-0.4, -0.2) is 167 Å². The van der Waals surface area contributed by atoms with E-state index in [4.69, 9.17) is 60.2 Å². The van der Waals surface area contributed by atoms with E-state index in [-0.39, 0.29) is 17.8 Å². The lowest BCUT2D eigenvalue weighted by Crippen LogP contribution is -2.21. The molecule has 0 amide bonds. The number of thioether (sulfide) groups is 1. The van der Waals surface area contributed by atoms with Gasteiger partial charge < -0.3 is 69.0 Å².